The summed E-state index contributed by atoms with van der Waals surface area (Å²) in [6.07, 6.45) is 4.69. The Morgan fingerprint density at radius 1 is 1.10 bits per heavy atom. The van der Waals surface area contributed by atoms with Gasteiger partial charge in [0.2, 0.25) is 10.0 Å². The number of nitrogens with one attached hydrogen (secondary N) is 1. The van der Waals surface area contributed by atoms with E-state index in [1.165, 1.54) is 0 Å². The predicted molar refractivity (Wildman–Crippen MR) is 124 cm³/mol. The average Bonchev–Trinajstić information content (AvgIpc) is 2.81. The molecule has 0 saturated carbocycles. The van der Waals surface area contributed by atoms with Gasteiger partial charge in [0.05, 0.1) is 17.0 Å². The molecule has 166 valence electrons. The summed E-state index contributed by atoms with van der Waals surface area (Å²) in [4.78, 5) is 13.7. The quantitative estimate of drug-likeness (QED) is 0.330. The van der Waals surface area contributed by atoms with E-state index in [1.54, 1.807) is 52.5 Å². The fraction of sp³-hybridized carbons (Fsp3) is 0.348. The number of benzene rings is 2. The molecule has 0 aliphatic carbocycles. The van der Waals surface area contributed by atoms with E-state index in [0.717, 1.165) is 29.9 Å². The Labute approximate surface area is 188 Å². The van der Waals surface area contributed by atoms with Crippen LogP contribution in [0.2, 0.25) is 0 Å². The van der Waals surface area contributed by atoms with E-state index >= 15 is 0 Å². The van der Waals surface area contributed by atoms with E-state index in [9.17, 15) is 13.2 Å². The monoisotopic (exact) mass is 460 g/mol. The highest BCUT2D eigenvalue weighted by Crippen LogP contribution is 2.23. The van der Waals surface area contributed by atoms with Crippen molar-refractivity contribution in [3.8, 4) is 5.75 Å². The van der Waals surface area contributed by atoms with Crippen molar-refractivity contribution >= 4 is 27.7 Å². The molecule has 0 atom stereocenters. The zero-order valence-corrected chi connectivity index (χ0v) is 19.1. The Morgan fingerprint density at radius 3 is 2.52 bits per heavy atom. The maximum atomic E-state index is 12.7. The molecule has 1 saturated heterocycles. The topological polar surface area (TPSA) is 75.7 Å². The second-order valence-corrected chi connectivity index (χ2v) is 10.1. The zero-order chi connectivity index (χ0) is 22.1. The molecule has 6 nitrogen and oxygen atoms in total. The molecule has 0 spiro atoms. The lowest BCUT2D eigenvalue weighted by molar-refractivity contribution is 0.0944. The Kier molecular flexibility index (Phi) is 8.57. The molecule has 1 aliphatic heterocycles. The van der Waals surface area contributed by atoms with Crippen molar-refractivity contribution in [3.05, 3.63) is 66.7 Å². The van der Waals surface area contributed by atoms with Gasteiger partial charge in [0.15, 0.2) is 0 Å². The van der Waals surface area contributed by atoms with Gasteiger partial charge in [-0.1, -0.05) is 24.6 Å². The van der Waals surface area contributed by atoms with Crippen molar-refractivity contribution in [1.29, 1.82) is 0 Å². The molecule has 0 radical (unpaired) electrons. The summed E-state index contributed by atoms with van der Waals surface area (Å²) in [7, 11) is -3.44. The molecule has 31 heavy (non-hydrogen) atoms. The van der Waals surface area contributed by atoms with Gasteiger partial charge in [0, 0.05) is 23.7 Å². The number of ether oxygens (including phenoxy) is 1. The predicted octanol–water partition coefficient (Wildman–Crippen LogP) is 3.95. The Hall–Kier alpha value is -2.29. The van der Waals surface area contributed by atoms with Gasteiger partial charge in [-0.15, -0.1) is 18.3 Å². The van der Waals surface area contributed by atoms with Crippen LogP contribution in [-0.2, 0) is 10.0 Å². The highest BCUT2D eigenvalue weighted by molar-refractivity contribution is 7.99. The van der Waals surface area contributed by atoms with Crippen molar-refractivity contribution in [2.75, 3.05) is 32.0 Å². The largest absolute Gasteiger partial charge is 0.492 e. The average molecular weight is 461 g/mol. The number of thioether (sulfide) groups is 1. The van der Waals surface area contributed by atoms with Crippen LogP contribution >= 0.6 is 11.8 Å². The first-order chi connectivity index (χ1) is 15.0. The minimum Gasteiger partial charge on any atom is -0.492 e. The van der Waals surface area contributed by atoms with Crippen molar-refractivity contribution in [2.24, 2.45) is 0 Å². The molecule has 0 unspecified atom stereocenters. The van der Waals surface area contributed by atoms with Gasteiger partial charge in [-0.05, 0) is 49.2 Å². The molecule has 1 aliphatic rings. The molecule has 1 heterocycles. The summed E-state index contributed by atoms with van der Waals surface area (Å²) in [5, 5.41) is 2.86. The van der Waals surface area contributed by atoms with Gasteiger partial charge in [-0.2, -0.15) is 4.31 Å². The van der Waals surface area contributed by atoms with Gasteiger partial charge in [0.25, 0.3) is 5.91 Å². The molecule has 8 heteroatoms. The highest BCUT2D eigenvalue weighted by atomic mass is 32.2. The van der Waals surface area contributed by atoms with Crippen LogP contribution in [0.3, 0.4) is 0 Å². The van der Waals surface area contributed by atoms with E-state index in [4.69, 9.17) is 4.74 Å². The van der Waals surface area contributed by atoms with Gasteiger partial charge < -0.3 is 10.1 Å². The van der Waals surface area contributed by atoms with Crippen LogP contribution in [0.1, 0.15) is 29.6 Å². The fourth-order valence-electron chi connectivity index (χ4n) is 3.32. The number of sulfonamides is 1. The number of carbonyl (C=O) groups excluding carboxylic acids is 1. The number of hydrogen-bond acceptors (Lipinski definition) is 5. The summed E-state index contributed by atoms with van der Waals surface area (Å²) < 4.78 is 32.6. The Morgan fingerprint density at radius 2 is 1.81 bits per heavy atom. The zero-order valence-electron chi connectivity index (χ0n) is 17.5. The number of hydrogen-bond donors (Lipinski definition) is 1. The van der Waals surface area contributed by atoms with E-state index in [-0.39, 0.29) is 17.4 Å². The second-order valence-electron chi connectivity index (χ2n) is 7.14. The number of rotatable bonds is 10. The number of amides is 1. The summed E-state index contributed by atoms with van der Waals surface area (Å²) >= 11 is 1.56. The first kappa shape index (κ1) is 23.4. The third-order valence-electron chi connectivity index (χ3n) is 4.92. The minimum absolute atomic E-state index is 0.154. The summed E-state index contributed by atoms with van der Waals surface area (Å²) in [5.41, 5.74) is 0.627. The maximum Gasteiger partial charge on any atom is 0.252 e. The van der Waals surface area contributed by atoms with E-state index in [2.05, 4.69) is 11.9 Å². The summed E-state index contributed by atoms with van der Waals surface area (Å²) in [5.74, 6) is 1.14. The lowest BCUT2D eigenvalue weighted by Gasteiger charge is -2.25. The minimum atomic E-state index is -3.44. The molecule has 1 amide bonds. The molecular formula is C23H28N2O4S2. The van der Waals surface area contributed by atoms with Crippen LogP contribution in [0.15, 0.2) is 71.0 Å². The number of carbonyl (C=O) groups is 1. The van der Waals surface area contributed by atoms with Crippen molar-refractivity contribution in [2.45, 2.75) is 29.1 Å². The van der Waals surface area contributed by atoms with Crippen LogP contribution in [0.5, 0.6) is 5.75 Å². The Balaban J connectivity index is 1.49. The van der Waals surface area contributed by atoms with Gasteiger partial charge in [0.1, 0.15) is 12.4 Å². The van der Waals surface area contributed by atoms with Crippen LogP contribution in [0.25, 0.3) is 0 Å². The molecule has 2 aromatic rings. The molecular weight excluding hydrogens is 432 g/mol. The van der Waals surface area contributed by atoms with Gasteiger partial charge in [-0.3, -0.25) is 4.79 Å². The van der Waals surface area contributed by atoms with E-state index in [1.807, 2.05) is 18.2 Å². The first-order valence-corrected chi connectivity index (χ1v) is 12.8. The first-order valence-electron chi connectivity index (χ1n) is 10.4. The van der Waals surface area contributed by atoms with Crippen LogP contribution in [0.4, 0.5) is 0 Å². The molecule has 0 aromatic heterocycles. The number of nitrogens with zero attached hydrogens (tertiary/aromatic N) is 1. The van der Waals surface area contributed by atoms with Crippen molar-refractivity contribution in [3.63, 3.8) is 0 Å². The molecule has 2 aromatic carbocycles. The SMILES string of the molecule is C=CCSc1ccccc1C(=O)NCCOc1ccc(S(=O)(=O)N2CCCCC2)cc1. The van der Waals surface area contributed by atoms with Crippen molar-refractivity contribution in [1.82, 2.24) is 9.62 Å². The fourth-order valence-corrected chi connectivity index (χ4v) is 5.63. The Bertz CT molecular complexity index is 985. The lowest BCUT2D eigenvalue weighted by Crippen LogP contribution is -2.35. The summed E-state index contributed by atoms with van der Waals surface area (Å²) in [6.45, 7) is 5.49. The molecule has 1 fully saturated rings. The molecule has 3 rings (SSSR count). The van der Waals surface area contributed by atoms with Crippen LogP contribution in [0, 0.1) is 0 Å². The van der Waals surface area contributed by atoms with Crippen molar-refractivity contribution < 1.29 is 17.9 Å². The summed E-state index contributed by atoms with van der Waals surface area (Å²) in [6, 6.07) is 13.9. The van der Waals surface area contributed by atoms with E-state index in [0.29, 0.717) is 30.9 Å². The second kappa shape index (κ2) is 11.4. The van der Waals surface area contributed by atoms with Gasteiger partial charge in [-0.25, -0.2) is 8.42 Å². The number of piperidine rings is 1. The third-order valence-corrected chi connectivity index (χ3v) is 7.90. The highest BCUT2D eigenvalue weighted by Gasteiger charge is 2.25. The maximum absolute atomic E-state index is 12.7. The molecule has 0 bridgehead atoms. The van der Waals surface area contributed by atoms with Crippen LogP contribution < -0.4 is 10.1 Å². The van der Waals surface area contributed by atoms with Crippen LogP contribution in [-0.4, -0.2) is 50.6 Å². The smallest absolute Gasteiger partial charge is 0.252 e. The molecule has 1 N–H and O–H groups in total. The normalized spacial score (nSPS) is 14.7. The standard InChI is InChI=1S/C23H28N2O4S2/c1-2-18-30-22-9-5-4-8-21(22)23(26)24-14-17-29-19-10-12-20(13-11-19)31(27,28)25-15-6-3-7-16-25/h2,4-5,8-13H,1,3,6-7,14-18H2,(H,24,26). The third kappa shape index (κ3) is 6.35. The van der Waals surface area contributed by atoms with Gasteiger partial charge >= 0.3 is 0 Å². The lowest BCUT2D eigenvalue weighted by atomic mass is 10.2. The van der Waals surface area contributed by atoms with E-state index < -0.39 is 10.0 Å².